The molecule has 23 heavy (non-hydrogen) atoms. The number of rotatable bonds is 9. The number of amides is 1. The van der Waals surface area contributed by atoms with E-state index in [-0.39, 0.29) is 17.9 Å². The lowest BCUT2D eigenvalue weighted by Gasteiger charge is -2.18. The molecule has 0 spiro atoms. The molecule has 0 aliphatic rings. The highest BCUT2D eigenvalue weighted by molar-refractivity contribution is 9.10. The van der Waals surface area contributed by atoms with Gasteiger partial charge in [0, 0.05) is 18.8 Å². The average Bonchev–Trinajstić information content (AvgIpc) is 2.50. The average molecular weight is 387 g/mol. The maximum atomic E-state index is 12.0. The van der Waals surface area contributed by atoms with Crippen LogP contribution in [0.4, 0.5) is 0 Å². The first kappa shape index (κ1) is 19.9. The number of likely N-dealkylation sites (N-methyl/N-ethyl adjacent to an activating group) is 1. The molecule has 0 aliphatic heterocycles. The number of hydrogen-bond donors (Lipinski definition) is 1. The van der Waals surface area contributed by atoms with Gasteiger partial charge in [-0.2, -0.15) is 0 Å². The van der Waals surface area contributed by atoms with Gasteiger partial charge in [0.1, 0.15) is 6.10 Å². The normalized spacial score (nSPS) is 13.5. The Morgan fingerprint density at radius 1 is 1.39 bits per heavy atom. The number of nitrogens with one attached hydrogen (secondary N) is 1. The Bertz CT molecular complexity index is 523. The molecule has 0 fully saturated rings. The summed E-state index contributed by atoms with van der Waals surface area (Å²) in [6.07, 6.45) is 0.900. The molecular formula is C17H27BrN2O3. The molecule has 5 nitrogen and oxygen atoms in total. The molecule has 6 heteroatoms. The van der Waals surface area contributed by atoms with Gasteiger partial charge in [-0.1, -0.05) is 6.92 Å². The SMILES string of the molecule is CCCOCC(C)Oc1nc(C)c(C(C)C(=O)NCC)cc1Br. The number of ether oxygens (including phenoxy) is 2. The number of halogens is 1. The molecule has 130 valence electrons. The largest absolute Gasteiger partial charge is 0.471 e. The quantitative estimate of drug-likeness (QED) is 0.658. The lowest BCUT2D eigenvalue weighted by molar-refractivity contribution is -0.122. The predicted molar refractivity (Wildman–Crippen MR) is 95.0 cm³/mol. The Balaban J connectivity index is 2.82. The van der Waals surface area contributed by atoms with E-state index in [1.54, 1.807) is 0 Å². The van der Waals surface area contributed by atoms with Crippen molar-refractivity contribution in [2.45, 2.75) is 53.1 Å². The monoisotopic (exact) mass is 386 g/mol. The van der Waals surface area contributed by atoms with Crippen molar-refractivity contribution in [1.82, 2.24) is 10.3 Å². The van der Waals surface area contributed by atoms with E-state index in [0.717, 1.165) is 28.8 Å². The summed E-state index contributed by atoms with van der Waals surface area (Å²) < 4.78 is 12.1. The predicted octanol–water partition coefficient (Wildman–Crippen LogP) is 3.59. The Hall–Kier alpha value is -1.14. The summed E-state index contributed by atoms with van der Waals surface area (Å²) >= 11 is 3.49. The molecule has 2 atom stereocenters. The summed E-state index contributed by atoms with van der Waals surface area (Å²) in [5.74, 6) is 0.277. The highest BCUT2D eigenvalue weighted by Crippen LogP contribution is 2.30. The van der Waals surface area contributed by atoms with Crippen molar-refractivity contribution in [1.29, 1.82) is 0 Å². The topological polar surface area (TPSA) is 60.5 Å². The van der Waals surface area contributed by atoms with Crippen molar-refractivity contribution >= 4 is 21.8 Å². The number of hydrogen-bond acceptors (Lipinski definition) is 4. The van der Waals surface area contributed by atoms with Crippen molar-refractivity contribution in [2.24, 2.45) is 0 Å². The molecule has 0 saturated carbocycles. The van der Waals surface area contributed by atoms with E-state index in [2.05, 4.69) is 33.2 Å². The van der Waals surface area contributed by atoms with Crippen molar-refractivity contribution in [3.63, 3.8) is 0 Å². The summed E-state index contributed by atoms with van der Waals surface area (Å²) in [7, 11) is 0. The molecule has 1 rings (SSSR count). The second kappa shape index (κ2) is 9.88. The van der Waals surface area contributed by atoms with E-state index >= 15 is 0 Å². The van der Waals surface area contributed by atoms with Crippen LogP contribution in [0.3, 0.4) is 0 Å². The Morgan fingerprint density at radius 3 is 2.70 bits per heavy atom. The standard InChI is InChI=1S/C17H27BrN2O3/c1-6-8-22-10-11(3)23-17-15(18)9-14(13(5)20-17)12(4)16(21)19-7-2/h9,11-12H,6-8,10H2,1-5H3,(H,19,21). The number of carbonyl (C=O) groups excluding carboxylic acids is 1. The fourth-order valence-corrected chi connectivity index (χ4v) is 2.61. The number of nitrogens with zero attached hydrogens (tertiary/aromatic N) is 1. The lowest BCUT2D eigenvalue weighted by atomic mass is 9.99. The second-order valence-electron chi connectivity index (χ2n) is 5.57. The molecule has 1 aromatic heterocycles. The molecular weight excluding hydrogens is 360 g/mol. The summed E-state index contributed by atoms with van der Waals surface area (Å²) in [6, 6.07) is 1.91. The van der Waals surface area contributed by atoms with E-state index in [1.165, 1.54) is 0 Å². The second-order valence-corrected chi connectivity index (χ2v) is 6.42. The minimum absolute atomic E-state index is 0.000646. The van der Waals surface area contributed by atoms with Crippen LogP contribution in [0.5, 0.6) is 5.88 Å². The fourth-order valence-electron chi connectivity index (χ4n) is 2.18. The molecule has 0 aliphatic carbocycles. The van der Waals surface area contributed by atoms with Crippen molar-refractivity contribution in [3.8, 4) is 5.88 Å². The van der Waals surface area contributed by atoms with E-state index in [9.17, 15) is 4.79 Å². The van der Waals surface area contributed by atoms with Crippen LogP contribution in [-0.4, -0.2) is 36.8 Å². The molecule has 1 aromatic rings. The first-order chi connectivity index (χ1) is 10.9. The third-order valence-electron chi connectivity index (χ3n) is 3.40. The molecule has 0 bridgehead atoms. The van der Waals surface area contributed by atoms with Gasteiger partial charge in [-0.25, -0.2) is 4.98 Å². The number of aryl methyl sites for hydroxylation is 1. The molecule has 0 radical (unpaired) electrons. The summed E-state index contributed by atoms with van der Waals surface area (Å²) in [5.41, 5.74) is 1.69. The van der Waals surface area contributed by atoms with Gasteiger partial charge in [-0.3, -0.25) is 4.79 Å². The number of aromatic nitrogens is 1. The van der Waals surface area contributed by atoms with Crippen LogP contribution in [0.25, 0.3) is 0 Å². The van der Waals surface area contributed by atoms with Crippen LogP contribution < -0.4 is 10.1 Å². The lowest BCUT2D eigenvalue weighted by Crippen LogP contribution is -2.28. The third kappa shape index (κ3) is 6.11. The van der Waals surface area contributed by atoms with E-state index in [1.807, 2.05) is 33.8 Å². The zero-order valence-corrected chi connectivity index (χ0v) is 16.2. The van der Waals surface area contributed by atoms with Crippen LogP contribution in [0.15, 0.2) is 10.5 Å². The number of pyridine rings is 1. The van der Waals surface area contributed by atoms with Gasteiger partial charge in [0.05, 0.1) is 17.0 Å². The number of carbonyl (C=O) groups is 1. The van der Waals surface area contributed by atoms with Gasteiger partial charge in [-0.05, 0) is 61.7 Å². The summed E-state index contributed by atoms with van der Waals surface area (Å²) in [4.78, 5) is 16.5. The molecule has 2 unspecified atom stereocenters. The maximum absolute atomic E-state index is 12.0. The zero-order chi connectivity index (χ0) is 17.4. The molecule has 0 aromatic carbocycles. The van der Waals surface area contributed by atoms with E-state index in [0.29, 0.717) is 19.0 Å². The van der Waals surface area contributed by atoms with Gasteiger partial charge in [-0.15, -0.1) is 0 Å². The van der Waals surface area contributed by atoms with Crippen LogP contribution in [0, 0.1) is 6.92 Å². The third-order valence-corrected chi connectivity index (χ3v) is 3.97. The highest BCUT2D eigenvalue weighted by atomic mass is 79.9. The zero-order valence-electron chi connectivity index (χ0n) is 14.6. The van der Waals surface area contributed by atoms with Gasteiger partial charge in [0.2, 0.25) is 11.8 Å². The van der Waals surface area contributed by atoms with Crippen LogP contribution in [0.2, 0.25) is 0 Å². The molecule has 1 amide bonds. The Labute approximate surface area is 147 Å². The van der Waals surface area contributed by atoms with Gasteiger partial charge in [0.25, 0.3) is 0 Å². The first-order valence-electron chi connectivity index (χ1n) is 8.09. The van der Waals surface area contributed by atoms with Crippen molar-refractivity contribution in [3.05, 3.63) is 21.8 Å². The van der Waals surface area contributed by atoms with Crippen molar-refractivity contribution < 1.29 is 14.3 Å². The minimum atomic E-state index is -0.252. The maximum Gasteiger partial charge on any atom is 0.228 e. The fraction of sp³-hybridized carbons (Fsp3) is 0.647. The minimum Gasteiger partial charge on any atom is -0.471 e. The molecule has 0 saturated heterocycles. The van der Waals surface area contributed by atoms with Gasteiger partial charge < -0.3 is 14.8 Å². The highest BCUT2D eigenvalue weighted by Gasteiger charge is 2.20. The van der Waals surface area contributed by atoms with Crippen LogP contribution >= 0.6 is 15.9 Å². The molecule has 1 heterocycles. The van der Waals surface area contributed by atoms with Crippen LogP contribution in [-0.2, 0) is 9.53 Å². The van der Waals surface area contributed by atoms with E-state index < -0.39 is 0 Å². The van der Waals surface area contributed by atoms with Gasteiger partial charge >= 0.3 is 0 Å². The Kier molecular flexibility index (Phi) is 8.55. The smallest absolute Gasteiger partial charge is 0.228 e. The summed E-state index contributed by atoms with van der Waals surface area (Å²) in [5, 5.41) is 2.84. The summed E-state index contributed by atoms with van der Waals surface area (Å²) in [6.45, 7) is 11.6. The van der Waals surface area contributed by atoms with E-state index in [4.69, 9.17) is 9.47 Å². The van der Waals surface area contributed by atoms with Crippen molar-refractivity contribution in [2.75, 3.05) is 19.8 Å². The molecule has 1 N–H and O–H groups in total. The van der Waals surface area contributed by atoms with Crippen LogP contribution in [0.1, 0.15) is 51.3 Å². The van der Waals surface area contributed by atoms with Gasteiger partial charge in [0.15, 0.2) is 0 Å². The first-order valence-corrected chi connectivity index (χ1v) is 8.89. The Morgan fingerprint density at radius 2 is 2.09 bits per heavy atom.